The van der Waals surface area contributed by atoms with Crippen molar-refractivity contribution in [3.05, 3.63) is 29.1 Å². The van der Waals surface area contributed by atoms with Gasteiger partial charge in [0.15, 0.2) is 6.29 Å². The van der Waals surface area contributed by atoms with Crippen LogP contribution in [0.2, 0.25) is 0 Å². The van der Waals surface area contributed by atoms with E-state index in [1.54, 1.807) is 6.21 Å². The molecule has 2 aliphatic heterocycles. The van der Waals surface area contributed by atoms with E-state index in [4.69, 9.17) is 0 Å². The van der Waals surface area contributed by atoms with Gasteiger partial charge in [0.25, 0.3) is 0 Å². The third-order valence-electron chi connectivity index (χ3n) is 3.69. The molecule has 0 aliphatic carbocycles. The summed E-state index contributed by atoms with van der Waals surface area (Å²) in [5, 5.41) is 0. The van der Waals surface area contributed by atoms with Crippen LogP contribution in [-0.4, -0.2) is 42.2 Å². The number of rotatable bonds is 5. The summed E-state index contributed by atoms with van der Waals surface area (Å²) in [6, 6.07) is 1.54. The van der Waals surface area contributed by atoms with Gasteiger partial charge >= 0.3 is 0 Å². The predicted molar refractivity (Wildman–Crippen MR) is 81.4 cm³/mol. The molecule has 0 bridgehead atoms. The molecule has 6 heteroatoms. The van der Waals surface area contributed by atoms with Crippen molar-refractivity contribution < 1.29 is 9.59 Å². The number of hydrogen-bond donors (Lipinski definition) is 1. The van der Waals surface area contributed by atoms with Crippen molar-refractivity contribution in [2.45, 2.75) is 25.8 Å². The maximum absolute atomic E-state index is 10.8. The van der Waals surface area contributed by atoms with E-state index in [1.165, 1.54) is 0 Å². The molecule has 1 aromatic rings. The van der Waals surface area contributed by atoms with Crippen LogP contribution in [0.25, 0.3) is 0 Å². The Morgan fingerprint density at radius 2 is 2.38 bits per heavy atom. The van der Waals surface area contributed by atoms with E-state index in [1.807, 2.05) is 19.1 Å². The third-order valence-corrected chi connectivity index (χ3v) is 3.69. The zero-order valence-corrected chi connectivity index (χ0v) is 11.7. The fourth-order valence-electron chi connectivity index (χ4n) is 2.55. The van der Waals surface area contributed by atoms with E-state index in [9.17, 15) is 9.59 Å². The second kappa shape index (κ2) is 5.47. The number of H-pyrrole nitrogens is 1. The van der Waals surface area contributed by atoms with Crippen LogP contribution >= 0.6 is 0 Å². The molecule has 21 heavy (non-hydrogen) atoms. The van der Waals surface area contributed by atoms with Gasteiger partial charge in [0.1, 0.15) is 24.0 Å². The van der Waals surface area contributed by atoms with Gasteiger partial charge < -0.3 is 14.7 Å². The van der Waals surface area contributed by atoms with Crippen molar-refractivity contribution >= 4 is 30.4 Å². The Balaban J connectivity index is 1.84. The molecular weight excluding hydrogens is 268 g/mol. The number of nitrogens with zero attached hydrogens (tertiary/aromatic N) is 3. The number of fused-ring (bicyclic) bond motifs is 1. The lowest BCUT2D eigenvalue weighted by Crippen LogP contribution is -2.20. The number of aromatic nitrogens is 1. The second-order valence-electron chi connectivity index (χ2n) is 5.04. The summed E-state index contributed by atoms with van der Waals surface area (Å²) in [5.41, 5.74) is 2.64. The zero-order chi connectivity index (χ0) is 14.8. The molecule has 2 aliphatic rings. The molecule has 0 fully saturated rings. The van der Waals surface area contributed by atoms with E-state index in [2.05, 4.69) is 19.9 Å². The van der Waals surface area contributed by atoms with Gasteiger partial charge in [0, 0.05) is 12.6 Å². The smallest absolute Gasteiger partial charge is 0.166 e. The molecular formula is C15H16N4O2. The Morgan fingerprint density at radius 1 is 1.52 bits per heavy atom. The van der Waals surface area contributed by atoms with Gasteiger partial charge in [-0.25, -0.2) is 4.99 Å². The standard InChI is InChI=1S/C15H16N4O2/c1-2-11(8-20)17-14-6-13(7-16-14)19-4-3-10-5-12(9-21)18-15(10)19/h5-9,11,18H,2-4H2,1H3. The number of aromatic amines is 1. The highest BCUT2D eigenvalue weighted by Gasteiger charge is 2.25. The van der Waals surface area contributed by atoms with Crippen molar-refractivity contribution in [1.82, 2.24) is 4.98 Å². The molecule has 0 spiro atoms. The molecule has 0 saturated carbocycles. The number of amidine groups is 1. The average Bonchev–Trinajstić information content (AvgIpc) is 3.19. The topological polar surface area (TPSA) is 77.9 Å². The average molecular weight is 284 g/mol. The minimum atomic E-state index is -0.339. The number of aliphatic imine (C=N–C) groups is 2. The maximum Gasteiger partial charge on any atom is 0.166 e. The van der Waals surface area contributed by atoms with Gasteiger partial charge in [0.2, 0.25) is 0 Å². The molecule has 3 heterocycles. The molecule has 0 amide bonds. The summed E-state index contributed by atoms with van der Waals surface area (Å²) in [7, 11) is 0. The van der Waals surface area contributed by atoms with Crippen LogP contribution in [0.5, 0.6) is 0 Å². The van der Waals surface area contributed by atoms with E-state index in [0.717, 1.165) is 42.6 Å². The number of carbonyl (C=O) groups excluding carboxylic acids is 2. The van der Waals surface area contributed by atoms with Crippen LogP contribution in [0.1, 0.15) is 29.4 Å². The number of nitrogens with one attached hydrogen (secondary N) is 1. The van der Waals surface area contributed by atoms with E-state index in [-0.39, 0.29) is 6.04 Å². The normalized spacial score (nSPS) is 19.8. The van der Waals surface area contributed by atoms with E-state index >= 15 is 0 Å². The van der Waals surface area contributed by atoms with Crippen molar-refractivity contribution in [2.75, 3.05) is 11.4 Å². The fourth-order valence-corrected chi connectivity index (χ4v) is 2.55. The first-order valence-corrected chi connectivity index (χ1v) is 6.98. The van der Waals surface area contributed by atoms with Crippen molar-refractivity contribution in [3.63, 3.8) is 0 Å². The van der Waals surface area contributed by atoms with Gasteiger partial charge in [-0.15, -0.1) is 0 Å². The minimum Gasteiger partial charge on any atom is -0.339 e. The second-order valence-corrected chi connectivity index (χ2v) is 5.04. The Kier molecular flexibility index (Phi) is 3.51. The van der Waals surface area contributed by atoms with Crippen LogP contribution < -0.4 is 4.90 Å². The molecule has 0 radical (unpaired) electrons. The summed E-state index contributed by atoms with van der Waals surface area (Å²) >= 11 is 0. The number of carbonyl (C=O) groups is 2. The van der Waals surface area contributed by atoms with Crippen molar-refractivity contribution in [1.29, 1.82) is 0 Å². The summed E-state index contributed by atoms with van der Waals surface area (Å²) in [6.07, 6.45) is 6.82. The number of anilines is 1. The van der Waals surface area contributed by atoms with Crippen LogP contribution in [0.4, 0.5) is 5.82 Å². The lowest BCUT2D eigenvalue weighted by molar-refractivity contribution is -0.108. The first-order valence-electron chi connectivity index (χ1n) is 6.98. The fraction of sp³-hybridized carbons (Fsp3) is 0.333. The Hall–Kier alpha value is -2.50. The largest absolute Gasteiger partial charge is 0.339 e. The molecule has 6 nitrogen and oxygen atoms in total. The summed E-state index contributed by atoms with van der Waals surface area (Å²) < 4.78 is 0. The lowest BCUT2D eigenvalue weighted by Gasteiger charge is -2.16. The molecule has 0 aromatic carbocycles. The minimum absolute atomic E-state index is 0.339. The van der Waals surface area contributed by atoms with Gasteiger partial charge in [-0.2, -0.15) is 0 Å². The summed E-state index contributed by atoms with van der Waals surface area (Å²) in [5.74, 6) is 1.51. The number of allylic oxidation sites excluding steroid dienone is 1. The summed E-state index contributed by atoms with van der Waals surface area (Å²) in [4.78, 5) is 35.4. The summed E-state index contributed by atoms with van der Waals surface area (Å²) in [6.45, 7) is 2.76. The Labute approximate surface area is 122 Å². The number of hydrogen-bond acceptors (Lipinski definition) is 4. The van der Waals surface area contributed by atoms with Crippen molar-refractivity contribution in [3.8, 4) is 0 Å². The zero-order valence-electron chi connectivity index (χ0n) is 11.7. The Morgan fingerprint density at radius 3 is 3.10 bits per heavy atom. The predicted octanol–water partition coefficient (Wildman–Crippen LogP) is 1.53. The SMILES string of the molecule is CCC(C=O)N=C1C=C(N2CCc3cc(C=O)[nH]c32)C=N1. The first kappa shape index (κ1) is 13.5. The van der Waals surface area contributed by atoms with Crippen LogP contribution in [0.3, 0.4) is 0 Å². The van der Waals surface area contributed by atoms with E-state index in [0.29, 0.717) is 18.0 Å². The quantitative estimate of drug-likeness (QED) is 0.833. The molecule has 1 N–H and O–H groups in total. The molecule has 1 unspecified atom stereocenters. The van der Waals surface area contributed by atoms with Gasteiger partial charge in [-0.1, -0.05) is 6.92 Å². The molecule has 0 saturated heterocycles. The highest BCUT2D eigenvalue weighted by atomic mass is 16.1. The molecule has 1 atom stereocenters. The molecule has 3 rings (SSSR count). The Bertz CT molecular complexity index is 669. The van der Waals surface area contributed by atoms with Gasteiger partial charge in [-0.3, -0.25) is 9.79 Å². The van der Waals surface area contributed by atoms with Crippen LogP contribution in [-0.2, 0) is 11.2 Å². The maximum atomic E-state index is 10.8. The lowest BCUT2D eigenvalue weighted by atomic mass is 10.2. The van der Waals surface area contributed by atoms with Gasteiger partial charge in [-0.05, 0) is 24.5 Å². The van der Waals surface area contributed by atoms with Gasteiger partial charge in [0.05, 0.1) is 17.6 Å². The first-order chi connectivity index (χ1) is 10.2. The monoisotopic (exact) mass is 284 g/mol. The van der Waals surface area contributed by atoms with Crippen molar-refractivity contribution in [2.24, 2.45) is 9.98 Å². The number of aldehydes is 2. The van der Waals surface area contributed by atoms with Crippen LogP contribution in [0, 0.1) is 0 Å². The molecule has 1 aromatic heterocycles. The van der Waals surface area contributed by atoms with Crippen LogP contribution in [0.15, 0.2) is 27.8 Å². The van der Waals surface area contributed by atoms with E-state index < -0.39 is 0 Å². The highest BCUT2D eigenvalue weighted by Crippen LogP contribution is 2.31. The third kappa shape index (κ3) is 2.44. The molecule has 108 valence electrons. The highest BCUT2D eigenvalue weighted by molar-refractivity contribution is 6.11.